The van der Waals surface area contributed by atoms with Gasteiger partial charge < -0.3 is 10.1 Å². The van der Waals surface area contributed by atoms with E-state index in [-0.39, 0.29) is 11.8 Å². The van der Waals surface area contributed by atoms with E-state index >= 15 is 0 Å². The fourth-order valence-corrected chi connectivity index (χ4v) is 4.04. The number of nitrogens with one attached hydrogen (secondary N) is 1. The highest BCUT2D eigenvalue weighted by Gasteiger charge is 2.27. The van der Waals surface area contributed by atoms with Crippen molar-refractivity contribution < 1.29 is 13.2 Å². The number of hydrogen-bond donors (Lipinski definition) is 1. The summed E-state index contributed by atoms with van der Waals surface area (Å²) in [5, 5.41) is 7.50. The van der Waals surface area contributed by atoms with Crippen molar-refractivity contribution in [1.82, 2.24) is 15.1 Å². The van der Waals surface area contributed by atoms with Gasteiger partial charge in [-0.05, 0) is 20.3 Å². The van der Waals surface area contributed by atoms with Crippen LogP contribution in [-0.4, -0.2) is 48.9 Å². The number of rotatable bonds is 5. The Balaban J connectivity index is 1.76. The third-order valence-electron chi connectivity index (χ3n) is 3.46. The van der Waals surface area contributed by atoms with Crippen LogP contribution >= 0.6 is 0 Å². The standard InChI is InChI=1S/C12H21N3O3S/c1-9-12(10(2)15(3)14-9)18-6-5-13-11-4-7-19(16,17)8-11/h11,13H,4-8H2,1-3H3. The first-order chi connectivity index (χ1) is 8.89. The van der Waals surface area contributed by atoms with Gasteiger partial charge in [0.25, 0.3) is 0 Å². The largest absolute Gasteiger partial charge is 0.488 e. The van der Waals surface area contributed by atoms with Crippen LogP contribution in [0.15, 0.2) is 0 Å². The van der Waals surface area contributed by atoms with E-state index in [1.54, 1.807) is 4.68 Å². The average molecular weight is 287 g/mol. The summed E-state index contributed by atoms with van der Waals surface area (Å²) in [5.74, 6) is 1.37. The van der Waals surface area contributed by atoms with Gasteiger partial charge in [0.2, 0.25) is 0 Å². The van der Waals surface area contributed by atoms with Crippen molar-refractivity contribution >= 4 is 9.84 Å². The molecule has 1 aromatic heterocycles. The third kappa shape index (κ3) is 3.48. The number of sulfone groups is 1. The average Bonchev–Trinajstić information content (AvgIpc) is 2.78. The van der Waals surface area contributed by atoms with Crippen LogP contribution in [0.1, 0.15) is 17.8 Å². The summed E-state index contributed by atoms with van der Waals surface area (Å²) >= 11 is 0. The zero-order chi connectivity index (χ0) is 14.0. The first-order valence-corrected chi connectivity index (χ1v) is 8.28. The van der Waals surface area contributed by atoms with Gasteiger partial charge in [-0.3, -0.25) is 4.68 Å². The minimum absolute atomic E-state index is 0.0738. The van der Waals surface area contributed by atoms with Crippen molar-refractivity contribution in [2.75, 3.05) is 24.7 Å². The lowest BCUT2D eigenvalue weighted by Crippen LogP contribution is -2.33. The minimum atomic E-state index is -2.81. The van der Waals surface area contributed by atoms with Crippen molar-refractivity contribution in [2.24, 2.45) is 7.05 Å². The molecule has 2 heterocycles. The van der Waals surface area contributed by atoms with E-state index in [1.807, 2.05) is 20.9 Å². The van der Waals surface area contributed by atoms with Crippen LogP contribution in [0.4, 0.5) is 0 Å². The lowest BCUT2D eigenvalue weighted by atomic mass is 10.3. The quantitative estimate of drug-likeness (QED) is 0.783. The molecule has 0 amide bonds. The van der Waals surface area contributed by atoms with Crippen molar-refractivity contribution in [3.05, 3.63) is 11.4 Å². The maximum Gasteiger partial charge on any atom is 0.163 e. The van der Waals surface area contributed by atoms with Crippen molar-refractivity contribution in [2.45, 2.75) is 26.3 Å². The third-order valence-corrected chi connectivity index (χ3v) is 5.22. The summed E-state index contributed by atoms with van der Waals surface area (Å²) < 4.78 is 30.1. The van der Waals surface area contributed by atoms with Gasteiger partial charge in [0.1, 0.15) is 12.3 Å². The molecule has 1 saturated heterocycles. The van der Waals surface area contributed by atoms with Crippen LogP contribution in [0.25, 0.3) is 0 Å². The first kappa shape index (κ1) is 14.3. The molecule has 0 saturated carbocycles. The summed E-state index contributed by atoms with van der Waals surface area (Å²) in [7, 11) is -0.926. The SMILES string of the molecule is Cc1nn(C)c(C)c1OCCNC1CCS(=O)(=O)C1. The van der Waals surface area contributed by atoms with Crippen LogP contribution in [0, 0.1) is 13.8 Å². The van der Waals surface area contributed by atoms with Gasteiger partial charge in [-0.25, -0.2) is 8.42 Å². The fourth-order valence-electron chi connectivity index (χ4n) is 2.34. The summed E-state index contributed by atoms with van der Waals surface area (Å²) in [4.78, 5) is 0. The molecular formula is C12H21N3O3S. The van der Waals surface area contributed by atoms with Gasteiger partial charge in [0, 0.05) is 19.6 Å². The molecule has 108 valence electrons. The number of hydrogen-bond acceptors (Lipinski definition) is 5. The molecule has 6 nitrogen and oxygen atoms in total. The molecule has 0 aromatic carbocycles. The topological polar surface area (TPSA) is 73.2 Å². The molecule has 7 heteroatoms. The molecule has 0 spiro atoms. The maximum absolute atomic E-state index is 11.3. The summed E-state index contributed by atoms with van der Waals surface area (Å²) in [5.41, 5.74) is 1.88. The Morgan fingerprint density at radius 2 is 2.21 bits per heavy atom. The second kappa shape index (κ2) is 5.50. The van der Waals surface area contributed by atoms with Gasteiger partial charge in [-0.1, -0.05) is 0 Å². The van der Waals surface area contributed by atoms with E-state index in [1.165, 1.54) is 0 Å². The van der Waals surface area contributed by atoms with E-state index < -0.39 is 9.84 Å². The first-order valence-electron chi connectivity index (χ1n) is 6.46. The summed E-state index contributed by atoms with van der Waals surface area (Å²) in [6.45, 7) is 5.05. The van der Waals surface area contributed by atoms with Gasteiger partial charge >= 0.3 is 0 Å². The zero-order valence-corrected chi connectivity index (χ0v) is 12.5. The van der Waals surface area contributed by atoms with Gasteiger partial charge in [-0.15, -0.1) is 0 Å². The monoisotopic (exact) mass is 287 g/mol. The fraction of sp³-hybridized carbons (Fsp3) is 0.750. The molecule has 1 aromatic rings. The number of aromatic nitrogens is 2. The molecule has 1 aliphatic rings. The summed E-state index contributed by atoms with van der Waals surface area (Å²) in [6, 6.07) is 0.0738. The van der Waals surface area contributed by atoms with Crippen molar-refractivity contribution in [3.8, 4) is 5.75 Å². The molecular weight excluding hydrogens is 266 g/mol. The Morgan fingerprint density at radius 3 is 2.74 bits per heavy atom. The summed E-state index contributed by atoms with van der Waals surface area (Å²) in [6.07, 6.45) is 0.702. The highest BCUT2D eigenvalue weighted by atomic mass is 32.2. The Hall–Kier alpha value is -1.08. The van der Waals surface area contributed by atoms with Gasteiger partial charge in [-0.2, -0.15) is 5.10 Å². The molecule has 0 radical (unpaired) electrons. The Kier molecular flexibility index (Phi) is 4.15. The van der Waals surface area contributed by atoms with Crippen LogP contribution in [-0.2, 0) is 16.9 Å². The zero-order valence-electron chi connectivity index (χ0n) is 11.6. The van der Waals surface area contributed by atoms with Gasteiger partial charge in [0.05, 0.1) is 17.2 Å². The maximum atomic E-state index is 11.3. The molecule has 2 rings (SSSR count). The van der Waals surface area contributed by atoms with E-state index in [4.69, 9.17) is 4.74 Å². The highest BCUT2D eigenvalue weighted by molar-refractivity contribution is 7.91. The second-order valence-corrected chi connectivity index (χ2v) is 7.25. The predicted molar refractivity (Wildman–Crippen MR) is 73.2 cm³/mol. The number of nitrogens with zero attached hydrogens (tertiary/aromatic N) is 2. The lowest BCUT2D eigenvalue weighted by Gasteiger charge is -2.11. The van der Waals surface area contributed by atoms with Crippen LogP contribution < -0.4 is 10.1 Å². The van der Waals surface area contributed by atoms with E-state index in [0.717, 1.165) is 17.1 Å². The molecule has 0 bridgehead atoms. The van der Waals surface area contributed by atoms with Crippen molar-refractivity contribution in [3.63, 3.8) is 0 Å². The predicted octanol–water partition coefficient (Wildman–Crippen LogP) is 0.192. The molecule has 19 heavy (non-hydrogen) atoms. The highest BCUT2D eigenvalue weighted by Crippen LogP contribution is 2.21. The van der Waals surface area contributed by atoms with Crippen LogP contribution in [0.3, 0.4) is 0 Å². The molecule has 1 N–H and O–H groups in total. The van der Waals surface area contributed by atoms with E-state index in [0.29, 0.717) is 25.3 Å². The molecule has 1 fully saturated rings. The lowest BCUT2D eigenvalue weighted by molar-refractivity contribution is 0.303. The van der Waals surface area contributed by atoms with E-state index in [9.17, 15) is 8.42 Å². The van der Waals surface area contributed by atoms with Crippen LogP contribution in [0.5, 0.6) is 5.75 Å². The number of aryl methyl sites for hydroxylation is 2. The number of ether oxygens (including phenoxy) is 1. The smallest absolute Gasteiger partial charge is 0.163 e. The molecule has 1 atom stereocenters. The Labute approximate surface area is 114 Å². The normalized spacial score (nSPS) is 21.7. The van der Waals surface area contributed by atoms with E-state index in [2.05, 4.69) is 10.4 Å². The molecule has 0 aliphatic carbocycles. The minimum Gasteiger partial charge on any atom is -0.488 e. The Bertz CT molecular complexity index is 551. The van der Waals surface area contributed by atoms with Crippen LogP contribution in [0.2, 0.25) is 0 Å². The Morgan fingerprint density at radius 1 is 1.47 bits per heavy atom. The molecule has 1 unspecified atom stereocenters. The van der Waals surface area contributed by atoms with Gasteiger partial charge in [0.15, 0.2) is 15.6 Å². The van der Waals surface area contributed by atoms with Crippen molar-refractivity contribution in [1.29, 1.82) is 0 Å². The molecule has 1 aliphatic heterocycles. The second-order valence-electron chi connectivity index (χ2n) is 5.03.